The zero-order chi connectivity index (χ0) is 17.9. The lowest BCUT2D eigenvalue weighted by atomic mass is 9.94. The van der Waals surface area contributed by atoms with E-state index in [1.165, 1.54) is 18.1 Å². The molecule has 0 saturated carbocycles. The molecule has 0 bridgehead atoms. The number of nitrogens with one attached hydrogen (secondary N) is 1. The second-order valence-corrected chi connectivity index (χ2v) is 5.51. The van der Waals surface area contributed by atoms with E-state index in [4.69, 9.17) is 9.47 Å². The smallest absolute Gasteiger partial charge is 0.338 e. The van der Waals surface area contributed by atoms with Crippen LogP contribution in [0.5, 0.6) is 11.5 Å². The van der Waals surface area contributed by atoms with Gasteiger partial charge < -0.3 is 24.8 Å². The summed E-state index contributed by atoms with van der Waals surface area (Å²) in [4.78, 5) is 26.0. The van der Waals surface area contributed by atoms with Crippen LogP contribution in [0, 0.1) is 0 Å². The van der Waals surface area contributed by atoms with E-state index in [1.807, 2.05) is 6.92 Å². The Bertz CT molecular complexity index is 684. The summed E-state index contributed by atoms with van der Waals surface area (Å²) in [7, 11) is 3.02. The number of phenolic OH excluding ortho intramolecular Hbond substituents is 1. The van der Waals surface area contributed by atoms with Gasteiger partial charge in [-0.15, -0.1) is 0 Å². The molecule has 0 aliphatic carbocycles. The average molecular weight is 334 g/mol. The van der Waals surface area contributed by atoms with E-state index >= 15 is 0 Å². The van der Waals surface area contributed by atoms with Gasteiger partial charge in [-0.05, 0) is 31.0 Å². The first-order valence-electron chi connectivity index (χ1n) is 7.69. The summed E-state index contributed by atoms with van der Waals surface area (Å²) in [5, 5.41) is 12.5. The highest BCUT2D eigenvalue weighted by Crippen LogP contribution is 2.35. The molecule has 0 fully saturated rings. The number of hydrogen-bond donors (Lipinski definition) is 2. The van der Waals surface area contributed by atoms with E-state index in [-0.39, 0.29) is 17.5 Å². The number of amides is 2. The lowest BCUT2D eigenvalue weighted by Crippen LogP contribution is -2.46. The van der Waals surface area contributed by atoms with E-state index in [9.17, 15) is 14.7 Å². The highest BCUT2D eigenvalue weighted by molar-refractivity contribution is 5.95. The van der Waals surface area contributed by atoms with E-state index in [0.29, 0.717) is 29.9 Å². The van der Waals surface area contributed by atoms with Gasteiger partial charge in [0.25, 0.3) is 0 Å². The second-order valence-electron chi connectivity index (χ2n) is 5.51. The van der Waals surface area contributed by atoms with Crippen LogP contribution in [-0.2, 0) is 9.53 Å². The van der Waals surface area contributed by atoms with Crippen molar-refractivity contribution in [2.45, 2.75) is 26.3 Å². The molecule has 2 amide bonds. The van der Waals surface area contributed by atoms with Crippen molar-refractivity contribution in [3.63, 3.8) is 0 Å². The molecule has 7 nitrogen and oxygen atoms in total. The lowest BCUT2D eigenvalue weighted by Gasteiger charge is -2.33. The van der Waals surface area contributed by atoms with Gasteiger partial charge in [-0.2, -0.15) is 0 Å². The van der Waals surface area contributed by atoms with Gasteiger partial charge in [0.1, 0.15) is 0 Å². The van der Waals surface area contributed by atoms with Crippen LogP contribution in [0.2, 0.25) is 0 Å². The highest BCUT2D eigenvalue weighted by Gasteiger charge is 2.35. The Morgan fingerprint density at radius 1 is 1.42 bits per heavy atom. The zero-order valence-corrected chi connectivity index (χ0v) is 14.3. The van der Waals surface area contributed by atoms with E-state index in [0.717, 1.165) is 0 Å². The molecular formula is C17H22N2O5. The van der Waals surface area contributed by atoms with Crippen molar-refractivity contribution in [1.29, 1.82) is 0 Å². The summed E-state index contributed by atoms with van der Waals surface area (Å²) in [5.41, 5.74) is 1.50. The lowest BCUT2D eigenvalue weighted by molar-refractivity contribution is -0.139. The minimum atomic E-state index is -0.674. The number of urea groups is 1. The van der Waals surface area contributed by atoms with Crippen LogP contribution < -0.4 is 10.1 Å². The monoisotopic (exact) mass is 334 g/mol. The van der Waals surface area contributed by atoms with Crippen LogP contribution in [0.4, 0.5) is 4.79 Å². The van der Waals surface area contributed by atoms with Gasteiger partial charge in [0, 0.05) is 12.7 Å². The number of ether oxygens (including phenoxy) is 2. The van der Waals surface area contributed by atoms with Gasteiger partial charge in [0.15, 0.2) is 11.5 Å². The molecule has 7 heteroatoms. The molecule has 0 aromatic heterocycles. The zero-order valence-electron chi connectivity index (χ0n) is 14.3. The summed E-state index contributed by atoms with van der Waals surface area (Å²) >= 11 is 0. The number of carbonyl (C=O) groups is 2. The molecule has 1 aliphatic heterocycles. The Morgan fingerprint density at radius 2 is 2.12 bits per heavy atom. The molecule has 1 atom stereocenters. The molecule has 130 valence electrons. The van der Waals surface area contributed by atoms with Gasteiger partial charge in [-0.3, -0.25) is 0 Å². The van der Waals surface area contributed by atoms with Crippen molar-refractivity contribution in [3.8, 4) is 11.5 Å². The van der Waals surface area contributed by atoms with Crippen molar-refractivity contribution < 1.29 is 24.2 Å². The minimum Gasteiger partial charge on any atom is -0.504 e. The summed E-state index contributed by atoms with van der Waals surface area (Å²) in [6.07, 6.45) is 0.706. The van der Waals surface area contributed by atoms with Gasteiger partial charge in [-0.25, -0.2) is 9.59 Å². The summed E-state index contributed by atoms with van der Waals surface area (Å²) in [6, 6.07) is 3.69. The van der Waals surface area contributed by atoms with Gasteiger partial charge >= 0.3 is 12.0 Å². The molecule has 1 aromatic rings. The highest BCUT2D eigenvalue weighted by atomic mass is 16.5. The predicted octanol–water partition coefficient (Wildman–Crippen LogP) is 2.32. The van der Waals surface area contributed by atoms with Crippen molar-refractivity contribution in [3.05, 3.63) is 35.0 Å². The molecule has 2 rings (SSSR count). The molecule has 1 aliphatic rings. The second kappa shape index (κ2) is 7.25. The average Bonchev–Trinajstić information content (AvgIpc) is 2.57. The van der Waals surface area contributed by atoms with Crippen LogP contribution in [0.15, 0.2) is 29.5 Å². The van der Waals surface area contributed by atoms with E-state index in [1.54, 1.807) is 26.1 Å². The minimum absolute atomic E-state index is 0.0173. The maximum atomic E-state index is 12.5. The number of allylic oxidation sites excluding steroid dienone is 1. The molecule has 0 spiro atoms. The number of benzene rings is 1. The Labute approximate surface area is 140 Å². The quantitative estimate of drug-likeness (QED) is 0.807. The van der Waals surface area contributed by atoms with Crippen LogP contribution in [0.25, 0.3) is 0 Å². The van der Waals surface area contributed by atoms with Crippen molar-refractivity contribution >= 4 is 12.0 Å². The van der Waals surface area contributed by atoms with Crippen LogP contribution in [-0.4, -0.2) is 42.8 Å². The largest absolute Gasteiger partial charge is 0.504 e. The summed E-state index contributed by atoms with van der Waals surface area (Å²) in [6.45, 7) is 3.91. The molecule has 1 unspecified atom stereocenters. The Hall–Kier alpha value is -2.70. The Kier molecular flexibility index (Phi) is 5.33. The van der Waals surface area contributed by atoms with Crippen molar-refractivity contribution in [2.75, 3.05) is 20.8 Å². The third-order valence-electron chi connectivity index (χ3n) is 3.95. The number of aromatic hydroxyl groups is 1. The topological polar surface area (TPSA) is 88.1 Å². The SMILES string of the molecule is CCCOC(=O)C1=C(C)N(C)C(=O)NC1c1ccc(O)c(OC)c1. The number of methoxy groups -OCH3 is 1. The fourth-order valence-corrected chi connectivity index (χ4v) is 2.50. The first kappa shape index (κ1) is 17.7. The third-order valence-corrected chi connectivity index (χ3v) is 3.95. The summed E-state index contributed by atoms with van der Waals surface area (Å²) in [5.74, 6) is -0.228. The van der Waals surface area contributed by atoms with Gasteiger partial charge in [0.05, 0.1) is 25.3 Å². The molecule has 2 N–H and O–H groups in total. The first-order chi connectivity index (χ1) is 11.4. The third kappa shape index (κ3) is 3.29. The molecule has 1 heterocycles. The molecule has 1 aromatic carbocycles. The number of carbonyl (C=O) groups excluding carboxylic acids is 2. The van der Waals surface area contributed by atoms with Crippen LogP contribution in [0.1, 0.15) is 31.9 Å². The van der Waals surface area contributed by atoms with Crippen LogP contribution >= 0.6 is 0 Å². The van der Waals surface area contributed by atoms with E-state index in [2.05, 4.69) is 5.32 Å². The maximum Gasteiger partial charge on any atom is 0.338 e. The van der Waals surface area contributed by atoms with Gasteiger partial charge in [-0.1, -0.05) is 13.0 Å². The number of nitrogens with zero attached hydrogens (tertiary/aromatic N) is 1. The molecule has 0 saturated heterocycles. The normalized spacial score (nSPS) is 17.6. The first-order valence-corrected chi connectivity index (χ1v) is 7.69. The van der Waals surface area contributed by atoms with Gasteiger partial charge in [0.2, 0.25) is 0 Å². The number of rotatable bonds is 5. The molecular weight excluding hydrogens is 312 g/mol. The van der Waals surface area contributed by atoms with Crippen LogP contribution in [0.3, 0.4) is 0 Å². The summed E-state index contributed by atoms with van der Waals surface area (Å²) < 4.78 is 10.4. The fraction of sp³-hybridized carbons (Fsp3) is 0.412. The van der Waals surface area contributed by atoms with Crippen molar-refractivity contribution in [2.24, 2.45) is 0 Å². The Morgan fingerprint density at radius 3 is 2.75 bits per heavy atom. The standard InChI is InChI=1S/C17H22N2O5/c1-5-8-24-16(21)14-10(2)19(3)17(22)18-15(14)11-6-7-12(20)13(9-11)23-4/h6-7,9,15,20H,5,8H2,1-4H3,(H,18,22). The van der Waals surface area contributed by atoms with E-state index < -0.39 is 12.0 Å². The predicted molar refractivity (Wildman–Crippen MR) is 87.6 cm³/mol. The molecule has 24 heavy (non-hydrogen) atoms. The number of esters is 1. The number of phenols is 1. The maximum absolute atomic E-state index is 12.5. The molecule has 0 radical (unpaired) electrons. The van der Waals surface area contributed by atoms with Crippen molar-refractivity contribution in [1.82, 2.24) is 10.2 Å². The number of hydrogen-bond acceptors (Lipinski definition) is 5. The fourth-order valence-electron chi connectivity index (χ4n) is 2.50. The Balaban J connectivity index is 2.48.